The second-order valence-corrected chi connectivity index (χ2v) is 9.70. The van der Waals surface area contributed by atoms with Crippen LogP contribution in [0.25, 0.3) is 22.2 Å². The van der Waals surface area contributed by atoms with Crippen LogP contribution in [0.2, 0.25) is 0 Å². The van der Waals surface area contributed by atoms with Gasteiger partial charge in [-0.05, 0) is 42.9 Å². The summed E-state index contributed by atoms with van der Waals surface area (Å²) in [5.41, 5.74) is 2.25. The van der Waals surface area contributed by atoms with Crippen LogP contribution in [0.5, 0.6) is 0 Å². The van der Waals surface area contributed by atoms with Crippen LogP contribution in [-0.4, -0.2) is 56.7 Å². The van der Waals surface area contributed by atoms with Crippen molar-refractivity contribution in [3.8, 4) is 11.1 Å². The Hall–Kier alpha value is -3.47. The van der Waals surface area contributed by atoms with E-state index in [0.717, 1.165) is 5.56 Å². The average Bonchev–Trinajstić information content (AvgIpc) is 3.41. The number of hydrogen-bond donors (Lipinski definition) is 4. The first-order valence-corrected chi connectivity index (χ1v) is 11.7. The quantitative estimate of drug-likeness (QED) is 0.357. The lowest BCUT2D eigenvalue weighted by atomic mass is 9.88. The van der Waals surface area contributed by atoms with Crippen LogP contribution in [0.3, 0.4) is 0 Å². The van der Waals surface area contributed by atoms with E-state index in [9.17, 15) is 27.9 Å². The van der Waals surface area contributed by atoms with E-state index in [0.29, 0.717) is 40.6 Å². The zero-order chi connectivity index (χ0) is 26.1. The SMILES string of the molecule is CC(C)[C@@H](Cc1cncc(-c2c[nH]c3ncc(C(=O)NCC4(O)CC4)cc23)c1)C(=O)NCC(F)(F)F. The molecule has 0 radical (unpaired) electrons. The maximum absolute atomic E-state index is 12.6. The maximum atomic E-state index is 12.6. The Morgan fingerprint density at radius 2 is 1.92 bits per heavy atom. The summed E-state index contributed by atoms with van der Waals surface area (Å²) < 4.78 is 37.7. The van der Waals surface area contributed by atoms with Gasteiger partial charge in [0.1, 0.15) is 12.2 Å². The zero-order valence-corrected chi connectivity index (χ0v) is 19.9. The molecular weight excluding hydrogens is 475 g/mol. The average molecular weight is 504 g/mol. The Kier molecular flexibility index (Phi) is 7.03. The smallest absolute Gasteiger partial charge is 0.388 e. The van der Waals surface area contributed by atoms with Gasteiger partial charge in [-0.2, -0.15) is 13.2 Å². The number of nitrogens with one attached hydrogen (secondary N) is 3. The Labute approximate surface area is 205 Å². The van der Waals surface area contributed by atoms with E-state index in [-0.39, 0.29) is 24.8 Å². The van der Waals surface area contributed by atoms with E-state index < -0.39 is 30.1 Å². The molecule has 0 aromatic carbocycles. The molecule has 4 rings (SSSR count). The standard InChI is InChI=1S/C25H28F3N5O3/c1-14(2)18(23(35)33-13-25(26,27)28)6-15-5-16(9-29-8-15)20-11-31-21-19(20)7-17(10-30-21)22(34)32-12-24(36)3-4-24/h5,7-11,14,18,36H,3-4,6,12-13H2,1-2H3,(H,30,31)(H,32,34)(H,33,35)/t18-/m1/s1. The van der Waals surface area contributed by atoms with Gasteiger partial charge in [0.15, 0.2) is 0 Å². The number of hydrogen-bond acceptors (Lipinski definition) is 5. The molecule has 2 amide bonds. The molecule has 0 aliphatic heterocycles. The Bertz CT molecular complexity index is 1270. The molecule has 0 saturated heterocycles. The van der Waals surface area contributed by atoms with E-state index in [2.05, 4.69) is 20.3 Å². The van der Waals surface area contributed by atoms with Crippen molar-refractivity contribution < 1.29 is 27.9 Å². The first kappa shape index (κ1) is 25.6. The molecule has 3 heterocycles. The molecule has 0 bridgehead atoms. The monoisotopic (exact) mass is 503 g/mol. The van der Waals surface area contributed by atoms with Crippen molar-refractivity contribution in [2.24, 2.45) is 11.8 Å². The summed E-state index contributed by atoms with van der Waals surface area (Å²) in [5, 5.41) is 15.4. The van der Waals surface area contributed by atoms with Crippen molar-refractivity contribution in [2.45, 2.75) is 44.9 Å². The van der Waals surface area contributed by atoms with Gasteiger partial charge in [-0.1, -0.05) is 13.8 Å². The predicted molar refractivity (Wildman–Crippen MR) is 127 cm³/mol. The molecule has 1 aliphatic carbocycles. The molecule has 11 heteroatoms. The van der Waals surface area contributed by atoms with Crippen LogP contribution in [0, 0.1) is 11.8 Å². The minimum atomic E-state index is -4.48. The topological polar surface area (TPSA) is 120 Å². The minimum absolute atomic E-state index is 0.184. The molecule has 1 aliphatic rings. The van der Waals surface area contributed by atoms with Crippen LogP contribution in [0.1, 0.15) is 42.6 Å². The summed E-state index contributed by atoms with van der Waals surface area (Å²) >= 11 is 0. The van der Waals surface area contributed by atoms with E-state index in [4.69, 9.17) is 0 Å². The maximum Gasteiger partial charge on any atom is 0.405 e. The fourth-order valence-corrected chi connectivity index (χ4v) is 3.98. The Morgan fingerprint density at radius 3 is 2.58 bits per heavy atom. The number of halogens is 3. The summed E-state index contributed by atoms with van der Waals surface area (Å²) in [6, 6.07) is 3.53. The van der Waals surface area contributed by atoms with Crippen LogP contribution in [-0.2, 0) is 11.2 Å². The van der Waals surface area contributed by atoms with Crippen molar-refractivity contribution in [3.63, 3.8) is 0 Å². The number of alkyl halides is 3. The number of carbonyl (C=O) groups is 2. The summed E-state index contributed by atoms with van der Waals surface area (Å²) in [6.07, 6.45) is 3.49. The van der Waals surface area contributed by atoms with Gasteiger partial charge < -0.3 is 20.7 Å². The van der Waals surface area contributed by atoms with Gasteiger partial charge >= 0.3 is 6.18 Å². The highest BCUT2D eigenvalue weighted by Crippen LogP contribution is 2.34. The fourth-order valence-electron chi connectivity index (χ4n) is 3.98. The van der Waals surface area contributed by atoms with Crippen molar-refractivity contribution >= 4 is 22.8 Å². The summed E-state index contributed by atoms with van der Waals surface area (Å²) in [5.74, 6) is -1.84. The second kappa shape index (κ2) is 9.88. The Morgan fingerprint density at radius 1 is 1.17 bits per heavy atom. The van der Waals surface area contributed by atoms with Gasteiger partial charge in [-0.15, -0.1) is 0 Å². The third kappa shape index (κ3) is 6.20. The number of nitrogens with zero attached hydrogens (tertiary/aromatic N) is 2. The highest BCUT2D eigenvalue weighted by molar-refractivity contribution is 6.01. The first-order valence-electron chi connectivity index (χ1n) is 11.7. The molecule has 3 aromatic rings. The van der Waals surface area contributed by atoms with Crippen LogP contribution >= 0.6 is 0 Å². The molecular formula is C25H28F3N5O3. The number of H-pyrrole nitrogens is 1. The number of aromatic amines is 1. The summed E-state index contributed by atoms with van der Waals surface area (Å²) in [4.78, 5) is 36.7. The van der Waals surface area contributed by atoms with Gasteiger partial charge in [0, 0.05) is 53.8 Å². The van der Waals surface area contributed by atoms with Crippen molar-refractivity contribution in [3.05, 3.63) is 48.0 Å². The molecule has 4 N–H and O–H groups in total. The number of pyridine rings is 2. The lowest BCUT2D eigenvalue weighted by Crippen LogP contribution is -2.40. The van der Waals surface area contributed by atoms with Crippen molar-refractivity contribution in [1.29, 1.82) is 0 Å². The molecule has 192 valence electrons. The van der Waals surface area contributed by atoms with Crippen molar-refractivity contribution in [1.82, 2.24) is 25.6 Å². The van der Waals surface area contributed by atoms with E-state index >= 15 is 0 Å². The van der Waals surface area contributed by atoms with Gasteiger partial charge in [-0.3, -0.25) is 14.6 Å². The van der Waals surface area contributed by atoms with Gasteiger partial charge in [0.25, 0.3) is 5.91 Å². The number of aromatic nitrogens is 3. The normalized spacial score (nSPS) is 15.6. The highest BCUT2D eigenvalue weighted by atomic mass is 19.4. The molecule has 0 spiro atoms. The molecule has 1 fully saturated rings. The number of aliphatic hydroxyl groups is 1. The Balaban J connectivity index is 1.54. The zero-order valence-electron chi connectivity index (χ0n) is 19.9. The second-order valence-electron chi connectivity index (χ2n) is 9.70. The molecule has 3 aromatic heterocycles. The highest BCUT2D eigenvalue weighted by Gasteiger charge is 2.40. The third-order valence-electron chi connectivity index (χ3n) is 6.36. The summed E-state index contributed by atoms with van der Waals surface area (Å²) in [7, 11) is 0. The van der Waals surface area contributed by atoms with Gasteiger partial charge in [-0.25, -0.2) is 4.98 Å². The number of rotatable bonds is 9. The lowest BCUT2D eigenvalue weighted by molar-refractivity contribution is -0.141. The van der Waals surface area contributed by atoms with E-state index in [1.807, 2.05) is 11.4 Å². The first-order chi connectivity index (χ1) is 16.9. The number of carbonyl (C=O) groups excluding carboxylic acids is 2. The van der Waals surface area contributed by atoms with Crippen LogP contribution < -0.4 is 10.6 Å². The number of amides is 2. The molecule has 8 nitrogen and oxygen atoms in total. The molecule has 36 heavy (non-hydrogen) atoms. The number of fused-ring (bicyclic) bond motifs is 1. The van der Waals surface area contributed by atoms with E-state index in [1.165, 1.54) is 6.20 Å². The van der Waals surface area contributed by atoms with Crippen LogP contribution in [0.15, 0.2) is 36.9 Å². The van der Waals surface area contributed by atoms with Gasteiger partial charge in [0.2, 0.25) is 5.91 Å². The van der Waals surface area contributed by atoms with Crippen LogP contribution in [0.4, 0.5) is 13.2 Å². The lowest BCUT2D eigenvalue weighted by Gasteiger charge is -2.21. The molecule has 1 saturated carbocycles. The molecule has 0 unspecified atom stereocenters. The predicted octanol–water partition coefficient (Wildman–Crippen LogP) is 3.37. The van der Waals surface area contributed by atoms with Crippen molar-refractivity contribution in [2.75, 3.05) is 13.1 Å². The van der Waals surface area contributed by atoms with Gasteiger partial charge in [0.05, 0.1) is 11.2 Å². The molecule has 1 atom stereocenters. The fraction of sp³-hybridized carbons (Fsp3) is 0.440. The minimum Gasteiger partial charge on any atom is -0.388 e. The third-order valence-corrected chi connectivity index (χ3v) is 6.36. The largest absolute Gasteiger partial charge is 0.405 e. The summed E-state index contributed by atoms with van der Waals surface area (Å²) in [6.45, 7) is 2.39. The van der Waals surface area contributed by atoms with E-state index in [1.54, 1.807) is 38.5 Å².